The molecule has 154 valence electrons. The number of para-hydroxylation sites is 1. The van der Waals surface area contributed by atoms with Gasteiger partial charge in [-0.05, 0) is 54.6 Å². The molecule has 0 unspecified atom stereocenters. The molecule has 0 radical (unpaired) electrons. The van der Waals surface area contributed by atoms with Crippen LogP contribution in [0.4, 0.5) is 11.4 Å². The Hall–Kier alpha value is -2.67. The van der Waals surface area contributed by atoms with Gasteiger partial charge in [0.1, 0.15) is 5.75 Å². The molecule has 2 amide bonds. The Morgan fingerprint density at radius 1 is 0.800 bits per heavy atom. The minimum Gasteiger partial charge on any atom is -0.484 e. The summed E-state index contributed by atoms with van der Waals surface area (Å²) in [6.45, 7) is -0.0740. The zero-order chi connectivity index (χ0) is 21.3. The van der Waals surface area contributed by atoms with Gasteiger partial charge in [0, 0.05) is 16.3 Å². The van der Waals surface area contributed by atoms with Crippen molar-refractivity contribution >= 4 is 58.2 Å². The summed E-state index contributed by atoms with van der Waals surface area (Å²) in [5.74, 6) is 0.462. The van der Waals surface area contributed by atoms with E-state index in [4.69, 9.17) is 27.9 Å². The first-order chi connectivity index (χ1) is 14.5. The second kappa shape index (κ2) is 10.9. The highest BCUT2D eigenvalue weighted by molar-refractivity contribution is 8.00. The first kappa shape index (κ1) is 22.0. The third-order valence-electron chi connectivity index (χ3n) is 3.82. The Kier molecular flexibility index (Phi) is 8.02. The molecular formula is C22H18Cl2N2O3S. The highest BCUT2D eigenvalue weighted by Gasteiger charge is 2.07. The van der Waals surface area contributed by atoms with Crippen molar-refractivity contribution < 1.29 is 14.3 Å². The molecule has 0 fully saturated rings. The van der Waals surface area contributed by atoms with E-state index in [1.165, 1.54) is 11.8 Å². The minimum atomic E-state index is -0.250. The van der Waals surface area contributed by atoms with E-state index in [-0.39, 0.29) is 24.2 Å². The van der Waals surface area contributed by atoms with Gasteiger partial charge in [-0.3, -0.25) is 9.59 Å². The van der Waals surface area contributed by atoms with Crippen LogP contribution in [-0.2, 0) is 9.59 Å². The lowest BCUT2D eigenvalue weighted by molar-refractivity contribution is -0.118. The molecule has 0 saturated heterocycles. The summed E-state index contributed by atoms with van der Waals surface area (Å²) in [7, 11) is 0. The zero-order valence-corrected chi connectivity index (χ0v) is 18.1. The van der Waals surface area contributed by atoms with Crippen LogP contribution in [0.5, 0.6) is 5.75 Å². The van der Waals surface area contributed by atoms with Crippen molar-refractivity contribution in [2.75, 3.05) is 23.0 Å². The van der Waals surface area contributed by atoms with E-state index < -0.39 is 0 Å². The first-order valence-electron chi connectivity index (χ1n) is 8.95. The van der Waals surface area contributed by atoms with Crippen molar-refractivity contribution in [2.24, 2.45) is 0 Å². The number of anilines is 2. The van der Waals surface area contributed by atoms with Gasteiger partial charge in [-0.2, -0.15) is 0 Å². The molecule has 0 spiro atoms. The summed E-state index contributed by atoms with van der Waals surface area (Å²) in [6, 6.07) is 21.3. The Labute approximate surface area is 188 Å². The number of halogens is 2. The van der Waals surface area contributed by atoms with Gasteiger partial charge in [0.15, 0.2) is 6.61 Å². The fourth-order valence-corrected chi connectivity index (χ4v) is 3.41. The van der Waals surface area contributed by atoms with Gasteiger partial charge < -0.3 is 15.4 Å². The lowest BCUT2D eigenvalue weighted by Gasteiger charge is -2.09. The smallest absolute Gasteiger partial charge is 0.262 e. The highest BCUT2D eigenvalue weighted by Crippen LogP contribution is 2.25. The minimum absolute atomic E-state index is 0.0740. The van der Waals surface area contributed by atoms with Gasteiger partial charge >= 0.3 is 0 Å². The molecule has 8 heteroatoms. The van der Waals surface area contributed by atoms with Crippen LogP contribution in [0.15, 0.2) is 77.7 Å². The van der Waals surface area contributed by atoms with Crippen LogP contribution in [0.2, 0.25) is 10.0 Å². The van der Waals surface area contributed by atoms with Gasteiger partial charge in [0.2, 0.25) is 5.91 Å². The largest absolute Gasteiger partial charge is 0.484 e. The molecule has 0 bridgehead atoms. The third-order valence-corrected chi connectivity index (χ3v) is 5.58. The molecule has 3 rings (SSSR count). The van der Waals surface area contributed by atoms with Crippen molar-refractivity contribution in [3.63, 3.8) is 0 Å². The number of carbonyl (C=O) groups excluding carboxylic acids is 2. The van der Waals surface area contributed by atoms with E-state index in [0.717, 1.165) is 4.90 Å². The van der Waals surface area contributed by atoms with Crippen LogP contribution in [-0.4, -0.2) is 24.2 Å². The maximum absolute atomic E-state index is 12.1. The molecule has 30 heavy (non-hydrogen) atoms. The summed E-state index contributed by atoms with van der Waals surface area (Å²) in [5, 5.41) is 6.36. The molecule has 0 aliphatic rings. The van der Waals surface area contributed by atoms with Crippen molar-refractivity contribution in [1.29, 1.82) is 0 Å². The number of rotatable bonds is 8. The number of carbonyl (C=O) groups is 2. The number of hydrogen-bond donors (Lipinski definition) is 2. The van der Waals surface area contributed by atoms with Crippen molar-refractivity contribution in [3.8, 4) is 5.75 Å². The van der Waals surface area contributed by atoms with Gasteiger partial charge in [0.05, 0.1) is 15.8 Å². The zero-order valence-electron chi connectivity index (χ0n) is 15.7. The highest BCUT2D eigenvalue weighted by atomic mass is 35.5. The van der Waals surface area contributed by atoms with E-state index >= 15 is 0 Å². The number of nitrogens with one attached hydrogen (secondary N) is 2. The topological polar surface area (TPSA) is 67.4 Å². The summed E-state index contributed by atoms with van der Waals surface area (Å²) >= 11 is 13.2. The number of hydrogen-bond acceptors (Lipinski definition) is 4. The molecular weight excluding hydrogens is 443 g/mol. The molecule has 0 aromatic heterocycles. The van der Waals surface area contributed by atoms with Crippen LogP contribution < -0.4 is 15.4 Å². The fourth-order valence-electron chi connectivity index (χ4n) is 2.42. The molecule has 0 aliphatic heterocycles. The second-order valence-corrected chi connectivity index (χ2v) is 8.00. The number of amides is 2. The maximum Gasteiger partial charge on any atom is 0.262 e. The Balaban J connectivity index is 1.43. The number of ether oxygens (including phenoxy) is 1. The van der Waals surface area contributed by atoms with Gasteiger partial charge in [-0.1, -0.05) is 41.4 Å². The van der Waals surface area contributed by atoms with Crippen LogP contribution in [0.25, 0.3) is 0 Å². The van der Waals surface area contributed by atoms with E-state index in [9.17, 15) is 9.59 Å². The average Bonchev–Trinajstić information content (AvgIpc) is 2.75. The van der Waals surface area contributed by atoms with Crippen molar-refractivity contribution in [3.05, 3.63) is 82.8 Å². The van der Waals surface area contributed by atoms with E-state index in [2.05, 4.69) is 10.6 Å². The monoisotopic (exact) mass is 460 g/mol. The lowest BCUT2D eigenvalue weighted by atomic mass is 10.3. The van der Waals surface area contributed by atoms with Gasteiger partial charge in [-0.25, -0.2) is 0 Å². The van der Waals surface area contributed by atoms with Crippen molar-refractivity contribution in [1.82, 2.24) is 0 Å². The molecule has 2 N–H and O–H groups in total. The molecule has 0 heterocycles. The number of thioether (sulfide) groups is 1. The second-order valence-electron chi connectivity index (χ2n) is 6.14. The first-order valence-corrected chi connectivity index (χ1v) is 10.7. The van der Waals surface area contributed by atoms with Crippen LogP contribution in [0, 0.1) is 0 Å². The lowest BCUT2D eigenvalue weighted by Crippen LogP contribution is -2.20. The molecule has 3 aromatic carbocycles. The average molecular weight is 461 g/mol. The maximum atomic E-state index is 12.1. The van der Waals surface area contributed by atoms with Crippen LogP contribution in [0.1, 0.15) is 0 Å². The van der Waals surface area contributed by atoms with E-state index in [1.807, 2.05) is 30.3 Å². The quantitative estimate of drug-likeness (QED) is 0.420. The molecule has 0 saturated carbocycles. The Morgan fingerprint density at radius 3 is 2.17 bits per heavy atom. The summed E-state index contributed by atoms with van der Waals surface area (Å²) < 4.78 is 5.42. The Bertz CT molecular complexity index is 1010. The summed E-state index contributed by atoms with van der Waals surface area (Å²) in [5.41, 5.74) is 1.24. The fraction of sp³-hybridized carbons (Fsp3) is 0.0909. The van der Waals surface area contributed by atoms with Gasteiger partial charge in [0.25, 0.3) is 5.91 Å². The predicted octanol–water partition coefficient (Wildman–Crippen LogP) is 5.74. The van der Waals surface area contributed by atoms with E-state index in [1.54, 1.807) is 42.5 Å². The Morgan fingerprint density at radius 2 is 1.47 bits per heavy atom. The molecule has 0 aliphatic carbocycles. The van der Waals surface area contributed by atoms with Crippen molar-refractivity contribution in [2.45, 2.75) is 4.90 Å². The predicted molar refractivity (Wildman–Crippen MR) is 123 cm³/mol. The van der Waals surface area contributed by atoms with Gasteiger partial charge in [-0.15, -0.1) is 11.8 Å². The molecule has 0 atom stereocenters. The number of benzene rings is 3. The molecule has 3 aromatic rings. The summed E-state index contributed by atoms with van der Waals surface area (Å²) in [4.78, 5) is 25.0. The van der Waals surface area contributed by atoms with E-state index in [0.29, 0.717) is 27.2 Å². The third kappa shape index (κ3) is 6.99. The van der Waals surface area contributed by atoms with Crippen LogP contribution >= 0.6 is 35.0 Å². The standard InChI is InChI=1S/C22H18Cl2N2O3S/c23-19-11-8-16(12-20(19)24)26-22(28)14-30-18-9-6-15(7-10-18)25-21(27)13-29-17-4-2-1-3-5-17/h1-12H,13-14H2,(H,25,27)(H,26,28). The SMILES string of the molecule is O=C(COc1ccccc1)Nc1ccc(SCC(=O)Nc2ccc(Cl)c(Cl)c2)cc1. The summed E-state index contributed by atoms with van der Waals surface area (Å²) in [6.07, 6.45) is 0. The normalized spacial score (nSPS) is 10.3. The van der Waals surface area contributed by atoms with Crippen LogP contribution in [0.3, 0.4) is 0 Å². The molecule has 5 nitrogen and oxygen atoms in total.